The van der Waals surface area contributed by atoms with E-state index in [1.807, 2.05) is 0 Å². The molecule has 0 saturated heterocycles. The monoisotopic (exact) mass is 254 g/mol. The predicted molar refractivity (Wildman–Crippen MR) is 63.2 cm³/mol. The maximum Gasteiger partial charge on any atom is 0.293 e. The van der Waals surface area contributed by atoms with Gasteiger partial charge in [-0.15, -0.1) is 5.10 Å². The van der Waals surface area contributed by atoms with Crippen molar-refractivity contribution in [3.63, 3.8) is 0 Å². The van der Waals surface area contributed by atoms with E-state index in [9.17, 15) is 4.79 Å². The summed E-state index contributed by atoms with van der Waals surface area (Å²) in [5.41, 5.74) is 0. The minimum atomic E-state index is -0.274. The second-order valence-electron chi connectivity index (χ2n) is 4.33. The van der Waals surface area contributed by atoms with Gasteiger partial charge in [-0.05, 0) is 12.8 Å². The lowest BCUT2D eigenvalue weighted by Gasteiger charge is -2.19. The number of methoxy groups -OCH3 is 1. The molecule has 100 valence electrons. The van der Waals surface area contributed by atoms with Gasteiger partial charge in [-0.25, -0.2) is 4.98 Å². The standard InChI is InChI=1S/C11H18N4O3/c1-18-7-5-15(4-6-16)11(17)10-12-9(13-14-10)8-2-3-8/h8,16H,2-7H2,1H3,(H,12,13,14). The van der Waals surface area contributed by atoms with Crippen molar-refractivity contribution in [1.82, 2.24) is 20.1 Å². The van der Waals surface area contributed by atoms with Gasteiger partial charge in [0, 0.05) is 26.1 Å². The minimum absolute atomic E-state index is 0.0879. The molecule has 0 atom stereocenters. The summed E-state index contributed by atoms with van der Waals surface area (Å²) in [5, 5.41) is 15.7. The smallest absolute Gasteiger partial charge is 0.293 e. The summed E-state index contributed by atoms with van der Waals surface area (Å²) in [6.07, 6.45) is 2.21. The number of aliphatic hydroxyl groups is 1. The molecule has 0 aliphatic heterocycles. The van der Waals surface area contributed by atoms with Crippen molar-refractivity contribution < 1.29 is 14.6 Å². The number of rotatable bonds is 7. The fourth-order valence-corrected chi connectivity index (χ4v) is 1.69. The third-order valence-electron chi connectivity index (χ3n) is 2.88. The van der Waals surface area contributed by atoms with E-state index in [1.165, 1.54) is 4.90 Å². The van der Waals surface area contributed by atoms with Crippen molar-refractivity contribution in [2.24, 2.45) is 0 Å². The molecule has 7 heteroatoms. The van der Waals surface area contributed by atoms with E-state index < -0.39 is 0 Å². The van der Waals surface area contributed by atoms with E-state index in [-0.39, 0.29) is 24.9 Å². The van der Waals surface area contributed by atoms with Crippen LogP contribution in [0.4, 0.5) is 0 Å². The molecule has 1 aromatic heterocycles. The van der Waals surface area contributed by atoms with Crippen molar-refractivity contribution in [3.05, 3.63) is 11.6 Å². The average molecular weight is 254 g/mol. The molecule has 1 aliphatic carbocycles. The Labute approximate surface area is 105 Å². The van der Waals surface area contributed by atoms with Crippen molar-refractivity contribution >= 4 is 5.91 Å². The highest BCUT2D eigenvalue weighted by molar-refractivity contribution is 5.90. The lowest BCUT2D eigenvalue weighted by Crippen LogP contribution is -2.36. The quantitative estimate of drug-likeness (QED) is 0.701. The molecule has 0 spiro atoms. The van der Waals surface area contributed by atoms with Gasteiger partial charge in [-0.2, -0.15) is 0 Å². The van der Waals surface area contributed by atoms with Gasteiger partial charge in [-0.1, -0.05) is 0 Å². The molecule has 0 aromatic carbocycles. The number of amides is 1. The average Bonchev–Trinajstić information content (AvgIpc) is 3.11. The first-order chi connectivity index (χ1) is 8.76. The van der Waals surface area contributed by atoms with E-state index in [4.69, 9.17) is 9.84 Å². The van der Waals surface area contributed by atoms with Crippen LogP contribution in [-0.4, -0.2) is 64.5 Å². The lowest BCUT2D eigenvalue weighted by atomic mass is 10.4. The predicted octanol–water partition coefficient (Wildman–Crippen LogP) is -0.237. The van der Waals surface area contributed by atoms with Crippen LogP contribution >= 0.6 is 0 Å². The van der Waals surface area contributed by atoms with Gasteiger partial charge < -0.3 is 14.7 Å². The first kappa shape index (κ1) is 13.0. The highest BCUT2D eigenvalue weighted by Crippen LogP contribution is 2.37. The molecule has 1 fully saturated rings. The molecule has 2 N–H and O–H groups in total. The molecule has 0 unspecified atom stereocenters. The Morgan fingerprint density at radius 2 is 2.33 bits per heavy atom. The number of ether oxygens (including phenoxy) is 1. The second kappa shape index (κ2) is 5.92. The van der Waals surface area contributed by atoms with Crippen LogP contribution in [0.2, 0.25) is 0 Å². The van der Waals surface area contributed by atoms with Gasteiger partial charge in [0.15, 0.2) is 0 Å². The summed E-state index contributed by atoms with van der Waals surface area (Å²) >= 11 is 0. The maximum absolute atomic E-state index is 12.1. The van der Waals surface area contributed by atoms with Crippen LogP contribution in [0.15, 0.2) is 0 Å². The van der Waals surface area contributed by atoms with Gasteiger partial charge in [0.1, 0.15) is 5.82 Å². The zero-order valence-corrected chi connectivity index (χ0v) is 10.4. The van der Waals surface area contributed by atoms with E-state index in [0.717, 1.165) is 18.7 Å². The van der Waals surface area contributed by atoms with Gasteiger partial charge in [0.2, 0.25) is 5.82 Å². The summed E-state index contributed by atoms with van der Waals surface area (Å²) in [4.78, 5) is 17.8. The number of nitrogens with one attached hydrogen (secondary N) is 1. The fourth-order valence-electron chi connectivity index (χ4n) is 1.69. The van der Waals surface area contributed by atoms with E-state index in [2.05, 4.69) is 15.2 Å². The summed E-state index contributed by atoms with van der Waals surface area (Å²) in [6.45, 7) is 1.01. The number of H-pyrrole nitrogens is 1. The molecule has 2 rings (SSSR count). The molecule has 1 aliphatic rings. The largest absolute Gasteiger partial charge is 0.395 e. The first-order valence-electron chi connectivity index (χ1n) is 6.07. The molecular weight excluding hydrogens is 236 g/mol. The lowest BCUT2D eigenvalue weighted by molar-refractivity contribution is 0.0645. The summed E-state index contributed by atoms with van der Waals surface area (Å²) in [7, 11) is 1.57. The molecule has 1 aromatic rings. The fraction of sp³-hybridized carbons (Fsp3) is 0.727. The number of carbonyl (C=O) groups excluding carboxylic acids is 1. The molecule has 1 amide bonds. The molecular formula is C11H18N4O3. The Kier molecular flexibility index (Phi) is 4.27. The molecule has 0 radical (unpaired) electrons. The molecule has 18 heavy (non-hydrogen) atoms. The number of aromatic nitrogens is 3. The van der Waals surface area contributed by atoms with Crippen molar-refractivity contribution in [1.29, 1.82) is 0 Å². The van der Waals surface area contributed by atoms with Crippen LogP contribution < -0.4 is 0 Å². The van der Waals surface area contributed by atoms with E-state index in [1.54, 1.807) is 7.11 Å². The summed E-state index contributed by atoms with van der Waals surface area (Å²) in [5.74, 6) is 1.11. The summed E-state index contributed by atoms with van der Waals surface area (Å²) in [6, 6.07) is 0. The van der Waals surface area contributed by atoms with Crippen LogP contribution in [0.1, 0.15) is 35.2 Å². The molecule has 1 heterocycles. The Bertz CT molecular complexity index is 403. The first-order valence-corrected chi connectivity index (χ1v) is 6.07. The summed E-state index contributed by atoms with van der Waals surface area (Å²) < 4.78 is 4.93. The van der Waals surface area contributed by atoms with Gasteiger partial charge >= 0.3 is 0 Å². The molecule has 1 saturated carbocycles. The number of carbonyl (C=O) groups is 1. The minimum Gasteiger partial charge on any atom is -0.395 e. The molecule has 7 nitrogen and oxygen atoms in total. The number of nitrogens with zero attached hydrogens (tertiary/aromatic N) is 3. The van der Waals surface area contributed by atoms with Crippen LogP contribution in [0, 0.1) is 0 Å². The number of hydrogen-bond donors (Lipinski definition) is 2. The Hall–Kier alpha value is -1.47. The third kappa shape index (κ3) is 3.05. The second-order valence-corrected chi connectivity index (χ2v) is 4.33. The van der Waals surface area contributed by atoms with Crippen LogP contribution in [-0.2, 0) is 4.74 Å². The van der Waals surface area contributed by atoms with Crippen molar-refractivity contribution in [2.45, 2.75) is 18.8 Å². The highest BCUT2D eigenvalue weighted by atomic mass is 16.5. The van der Waals surface area contributed by atoms with Crippen LogP contribution in [0.5, 0.6) is 0 Å². The van der Waals surface area contributed by atoms with Gasteiger partial charge in [-0.3, -0.25) is 9.89 Å². The number of aromatic amines is 1. The highest BCUT2D eigenvalue weighted by Gasteiger charge is 2.29. The Morgan fingerprint density at radius 1 is 1.56 bits per heavy atom. The van der Waals surface area contributed by atoms with Crippen molar-refractivity contribution in [2.75, 3.05) is 33.4 Å². The molecule has 0 bridgehead atoms. The van der Waals surface area contributed by atoms with Gasteiger partial charge in [0.05, 0.1) is 13.2 Å². The normalized spacial score (nSPS) is 14.8. The number of aliphatic hydroxyl groups excluding tert-OH is 1. The topological polar surface area (TPSA) is 91.3 Å². The maximum atomic E-state index is 12.1. The Morgan fingerprint density at radius 3 is 2.94 bits per heavy atom. The van der Waals surface area contributed by atoms with Gasteiger partial charge in [0.25, 0.3) is 5.91 Å². The van der Waals surface area contributed by atoms with E-state index in [0.29, 0.717) is 19.1 Å². The number of hydrogen-bond acceptors (Lipinski definition) is 5. The zero-order chi connectivity index (χ0) is 13.0. The van der Waals surface area contributed by atoms with Crippen molar-refractivity contribution in [3.8, 4) is 0 Å². The SMILES string of the molecule is COCCN(CCO)C(=O)c1n[nH]c(C2CC2)n1. The van der Waals surface area contributed by atoms with E-state index >= 15 is 0 Å². The third-order valence-corrected chi connectivity index (χ3v) is 2.88. The zero-order valence-electron chi connectivity index (χ0n) is 10.4. The van der Waals surface area contributed by atoms with Crippen LogP contribution in [0.25, 0.3) is 0 Å². The Balaban J connectivity index is 2.00. The van der Waals surface area contributed by atoms with Crippen LogP contribution in [0.3, 0.4) is 0 Å².